The minimum Gasteiger partial charge on any atom is -0.251 e. The Bertz CT molecular complexity index is 51.2. The summed E-state index contributed by atoms with van der Waals surface area (Å²) >= 11 is 0. The summed E-state index contributed by atoms with van der Waals surface area (Å²) in [5, 5.41) is 0. The van der Waals surface area contributed by atoms with Crippen LogP contribution in [0.25, 0.3) is 0 Å². The zero-order valence-electron chi connectivity index (χ0n) is 4.05. The molecule has 0 aromatic rings. The molecule has 0 saturated heterocycles. The molecule has 0 heterocycles. The van der Waals surface area contributed by atoms with E-state index in [1.807, 2.05) is 0 Å². The van der Waals surface area contributed by atoms with E-state index in [9.17, 15) is 0 Å². The van der Waals surface area contributed by atoms with Gasteiger partial charge in [-0.2, -0.15) is 0 Å². The average molecular weight is 870 g/mol. The summed E-state index contributed by atoms with van der Waals surface area (Å²) in [6.07, 6.45) is 0. The van der Waals surface area contributed by atoms with Crippen LogP contribution in [-0.2, 0) is 104 Å². The molecule has 0 aliphatic heterocycles. The van der Waals surface area contributed by atoms with Crippen LogP contribution in [0, 0.1) is 0 Å². The number of hydrogen-bond donors (Lipinski definition) is 0. The minimum absolute atomic E-state index is 0. The largest absolute Gasteiger partial charge is 0.344 e. The van der Waals surface area contributed by atoms with Gasteiger partial charge in [0.2, 0.25) is 0 Å². The first-order chi connectivity index (χ1) is 2.91. The van der Waals surface area contributed by atoms with Gasteiger partial charge in [0.25, 0.3) is 0 Å². The van der Waals surface area contributed by atoms with Gasteiger partial charge in [0, 0.05) is 84.3 Å². The molecule has 0 bridgehead atoms. The Morgan fingerprint density at radius 2 is 0.900 bits per heavy atom. The molecular weight excluding hydrogens is 868 g/mol. The van der Waals surface area contributed by atoms with Gasteiger partial charge in [0.15, 0.2) is 0 Å². The zero-order chi connectivity index (χ0) is 4.83. The van der Waals surface area contributed by atoms with Crippen LogP contribution in [0.1, 0.15) is 0 Å². The number of carbonyl (C=O) groups excluding carboxylic acids is 2. The number of rotatable bonds is 3. The SMILES string of the molecule is O=COOC=O.[Pt].[Pt].[Pt].[Pt]. The van der Waals surface area contributed by atoms with Gasteiger partial charge in [-0.1, -0.05) is 0 Å². The maximum absolute atomic E-state index is 9.06. The van der Waals surface area contributed by atoms with Gasteiger partial charge in [-0.15, -0.1) is 0 Å². The van der Waals surface area contributed by atoms with Gasteiger partial charge >= 0.3 is 12.9 Å². The molecule has 0 aromatic carbocycles. The van der Waals surface area contributed by atoms with E-state index in [1.165, 1.54) is 0 Å². The van der Waals surface area contributed by atoms with E-state index in [4.69, 9.17) is 9.59 Å². The van der Waals surface area contributed by atoms with Crippen molar-refractivity contribution < 1.29 is 104 Å². The topological polar surface area (TPSA) is 52.6 Å². The van der Waals surface area contributed by atoms with Gasteiger partial charge in [0.05, 0.1) is 0 Å². The Hall–Kier alpha value is 1.69. The van der Waals surface area contributed by atoms with E-state index in [2.05, 4.69) is 9.78 Å². The summed E-state index contributed by atoms with van der Waals surface area (Å²) in [5.41, 5.74) is 0. The second-order valence-corrected chi connectivity index (χ2v) is 0.385. The quantitative estimate of drug-likeness (QED) is 0.162. The Kier molecular flexibility index (Phi) is 92.5. The van der Waals surface area contributed by atoms with Crippen molar-refractivity contribution in [1.29, 1.82) is 0 Å². The molecule has 0 spiro atoms. The van der Waals surface area contributed by atoms with Gasteiger partial charge in [-0.25, -0.2) is 0 Å². The van der Waals surface area contributed by atoms with Crippen LogP contribution in [0.2, 0.25) is 0 Å². The fraction of sp³-hybridized carbons (Fsp3) is 0. The van der Waals surface area contributed by atoms with Crippen LogP contribution in [-0.4, -0.2) is 12.9 Å². The average Bonchev–Trinajstić information content (AvgIpc) is 1.61. The van der Waals surface area contributed by atoms with Crippen molar-refractivity contribution in [2.45, 2.75) is 0 Å². The fourth-order valence-electron chi connectivity index (χ4n) is 0.0454. The molecule has 0 amide bonds. The predicted octanol–water partition coefficient (Wildman–Crippen LogP) is -0.763. The van der Waals surface area contributed by atoms with Crippen molar-refractivity contribution in [3.05, 3.63) is 0 Å². The first-order valence-corrected chi connectivity index (χ1v) is 1.11. The van der Waals surface area contributed by atoms with Gasteiger partial charge in [0.1, 0.15) is 0 Å². The normalized spacial score (nSPS) is 3.60. The Labute approximate surface area is 115 Å². The molecule has 0 aliphatic rings. The summed E-state index contributed by atoms with van der Waals surface area (Å²) in [6, 6.07) is 0. The zero-order valence-corrected chi connectivity index (χ0v) is 13.1. The standard InChI is InChI=1S/C2H2O4.4Pt/c3-1-5-6-2-4;;;;/h1-2H;;;;. The molecular formula is C2H2O4Pt4. The van der Waals surface area contributed by atoms with Crippen molar-refractivity contribution in [3.63, 3.8) is 0 Å². The molecule has 0 aromatic heterocycles. The predicted molar refractivity (Wildman–Crippen MR) is 14.3 cm³/mol. The summed E-state index contributed by atoms with van der Waals surface area (Å²) in [6.45, 7) is 0.0167. The first kappa shape index (κ1) is 29.8. The molecule has 0 N–H and O–H groups in total. The van der Waals surface area contributed by atoms with E-state index in [0.29, 0.717) is 0 Å². The van der Waals surface area contributed by atoms with Crippen molar-refractivity contribution in [2.24, 2.45) is 0 Å². The fourth-order valence-corrected chi connectivity index (χ4v) is 0.0454. The number of hydrogen-bond acceptors (Lipinski definition) is 4. The van der Waals surface area contributed by atoms with Crippen LogP contribution < -0.4 is 0 Å². The summed E-state index contributed by atoms with van der Waals surface area (Å²) in [5.74, 6) is 0. The molecule has 0 radical (unpaired) electrons. The van der Waals surface area contributed by atoms with Crippen LogP contribution in [0.15, 0.2) is 0 Å². The third kappa shape index (κ3) is 33.3. The molecule has 0 fully saturated rings. The van der Waals surface area contributed by atoms with Crippen LogP contribution in [0.5, 0.6) is 0 Å². The maximum atomic E-state index is 9.06. The van der Waals surface area contributed by atoms with Crippen molar-refractivity contribution in [2.75, 3.05) is 0 Å². The molecule has 0 saturated carbocycles. The van der Waals surface area contributed by atoms with E-state index >= 15 is 0 Å². The Balaban J connectivity index is -0.0000000208. The molecule has 4 nitrogen and oxygen atoms in total. The van der Waals surface area contributed by atoms with E-state index in [0.717, 1.165) is 0 Å². The maximum Gasteiger partial charge on any atom is 0.344 e. The van der Waals surface area contributed by atoms with E-state index in [-0.39, 0.29) is 97.2 Å². The molecule has 8 heteroatoms. The second kappa shape index (κ2) is 31.0. The van der Waals surface area contributed by atoms with Gasteiger partial charge in [-0.3, -0.25) is 19.4 Å². The Morgan fingerprint density at radius 3 is 1.00 bits per heavy atom. The number of carbonyl (C=O) groups is 2. The van der Waals surface area contributed by atoms with Crippen molar-refractivity contribution >= 4 is 12.9 Å². The summed E-state index contributed by atoms with van der Waals surface area (Å²) in [7, 11) is 0. The third-order valence-electron chi connectivity index (χ3n) is 0.134. The van der Waals surface area contributed by atoms with Crippen molar-refractivity contribution in [3.8, 4) is 0 Å². The molecule has 74 valence electrons. The summed E-state index contributed by atoms with van der Waals surface area (Å²) in [4.78, 5) is 25.0. The van der Waals surface area contributed by atoms with E-state index < -0.39 is 0 Å². The molecule has 0 atom stereocenters. The molecule has 10 heavy (non-hydrogen) atoms. The smallest absolute Gasteiger partial charge is 0.251 e. The molecule has 0 unspecified atom stereocenters. The first-order valence-electron chi connectivity index (χ1n) is 1.11. The second-order valence-electron chi connectivity index (χ2n) is 0.385. The van der Waals surface area contributed by atoms with Gasteiger partial charge in [-0.05, 0) is 0 Å². The monoisotopic (exact) mass is 870 g/mol. The van der Waals surface area contributed by atoms with Crippen LogP contribution in [0.4, 0.5) is 0 Å². The van der Waals surface area contributed by atoms with E-state index in [1.54, 1.807) is 0 Å². The van der Waals surface area contributed by atoms with Gasteiger partial charge < -0.3 is 0 Å². The van der Waals surface area contributed by atoms with Crippen LogP contribution >= 0.6 is 0 Å². The summed E-state index contributed by atoms with van der Waals surface area (Å²) < 4.78 is 0. The minimum atomic E-state index is 0. The molecule has 0 aliphatic carbocycles. The third-order valence-corrected chi connectivity index (χ3v) is 0.134. The molecule has 0 rings (SSSR count). The Morgan fingerprint density at radius 1 is 0.700 bits per heavy atom. The van der Waals surface area contributed by atoms with Crippen LogP contribution in [0.3, 0.4) is 0 Å². The van der Waals surface area contributed by atoms with Crippen molar-refractivity contribution in [1.82, 2.24) is 0 Å².